The number of likely N-dealkylation sites (tertiary alicyclic amines) is 1. The quantitative estimate of drug-likeness (QED) is 0.701. The van der Waals surface area contributed by atoms with Crippen molar-refractivity contribution in [3.63, 3.8) is 0 Å². The summed E-state index contributed by atoms with van der Waals surface area (Å²) in [6.45, 7) is 5.86. The molecule has 6 nitrogen and oxygen atoms in total. The SMILES string of the molecule is CC(=O)c1ccc(Cl)cc1CN1CC[C@@H](c2cc3nc(C)cc(=O)n3[nH]2)C1. The summed E-state index contributed by atoms with van der Waals surface area (Å²) in [6.07, 6.45) is 0.983. The van der Waals surface area contributed by atoms with Gasteiger partial charge < -0.3 is 0 Å². The molecule has 7 heteroatoms. The van der Waals surface area contributed by atoms with Gasteiger partial charge in [0.05, 0.1) is 0 Å². The zero-order valence-corrected chi connectivity index (χ0v) is 16.1. The number of carbonyl (C=O) groups is 1. The Labute approximate surface area is 161 Å². The third-order valence-electron chi connectivity index (χ3n) is 5.15. The van der Waals surface area contributed by atoms with Crippen molar-refractivity contribution in [2.45, 2.75) is 32.7 Å². The number of hydrogen-bond donors (Lipinski definition) is 1. The Morgan fingerprint density at radius 2 is 2.15 bits per heavy atom. The molecular formula is C20H21ClN4O2. The van der Waals surface area contributed by atoms with E-state index in [0.29, 0.717) is 23.1 Å². The number of carbonyl (C=O) groups excluding carboxylic acids is 1. The summed E-state index contributed by atoms with van der Waals surface area (Å²) in [6, 6.07) is 8.91. The second-order valence-electron chi connectivity index (χ2n) is 7.22. The summed E-state index contributed by atoms with van der Waals surface area (Å²) in [7, 11) is 0. The van der Waals surface area contributed by atoms with Crippen LogP contribution in [0.3, 0.4) is 0 Å². The number of ketones is 1. The summed E-state index contributed by atoms with van der Waals surface area (Å²) in [5, 5.41) is 3.84. The van der Waals surface area contributed by atoms with Crippen LogP contribution in [-0.2, 0) is 6.54 Å². The topological polar surface area (TPSA) is 70.5 Å². The van der Waals surface area contributed by atoms with Crippen LogP contribution in [0.1, 0.15) is 46.6 Å². The number of halogens is 1. The van der Waals surface area contributed by atoms with E-state index in [4.69, 9.17) is 11.6 Å². The van der Waals surface area contributed by atoms with E-state index >= 15 is 0 Å². The summed E-state index contributed by atoms with van der Waals surface area (Å²) in [5.74, 6) is 0.347. The molecule has 1 saturated heterocycles. The van der Waals surface area contributed by atoms with E-state index in [0.717, 1.165) is 42.0 Å². The molecule has 1 N–H and O–H groups in total. The molecule has 1 aliphatic rings. The van der Waals surface area contributed by atoms with Gasteiger partial charge in [0.25, 0.3) is 5.56 Å². The Hall–Kier alpha value is -2.44. The predicted molar refractivity (Wildman–Crippen MR) is 105 cm³/mol. The molecule has 1 aliphatic heterocycles. The number of benzene rings is 1. The highest BCUT2D eigenvalue weighted by Gasteiger charge is 2.26. The van der Waals surface area contributed by atoms with E-state index in [1.165, 1.54) is 10.6 Å². The number of nitrogens with zero attached hydrogens (tertiary/aromatic N) is 3. The third kappa shape index (κ3) is 3.55. The second kappa shape index (κ2) is 6.94. The minimum absolute atomic E-state index is 0.0499. The minimum Gasteiger partial charge on any atom is -0.298 e. The average Bonchev–Trinajstić information content (AvgIpc) is 3.21. The average molecular weight is 385 g/mol. The van der Waals surface area contributed by atoms with Gasteiger partial charge in [0, 0.05) is 53.1 Å². The number of H-pyrrole nitrogens is 1. The first-order valence-corrected chi connectivity index (χ1v) is 9.39. The van der Waals surface area contributed by atoms with Gasteiger partial charge in [-0.15, -0.1) is 0 Å². The van der Waals surface area contributed by atoms with Crippen LogP contribution >= 0.6 is 11.6 Å². The van der Waals surface area contributed by atoms with Crippen molar-refractivity contribution in [1.82, 2.24) is 19.5 Å². The Morgan fingerprint density at radius 1 is 1.33 bits per heavy atom. The number of nitrogens with one attached hydrogen (secondary N) is 1. The molecule has 0 amide bonds. The molecular weight excluding hydrogens is 364 g/mol. The van der Waals surface area contributed by atoms with E-state index in [9.17, 15) is 9.59 Å². The van der Waals surface area contributed by atoms with Gasteiger partial charge in [-0.25, -0.2) is 9.50 Å². The molecule has 3 aromatic rings. The molecule has 1 atom stereocenters. The van der Waals surface area contributed by atoms with E-state index < -0.39 is 0 Å². The van der Waals surface area contributed by atoms with Crippen molar-refractivity contribution in [3.05, 3.63) is 68.2 Å². The van der Waals surface area contributed by atoms with E-state index in [-0.39, 0.29) is 11.3 Å². The lowest BCUT2D eigenvalue weighted by atomic mass is 10.0. The molecule has 27 heavy (non-hydrogen) atoms. The first kappa shape index (κ1) is 17.9. The van der Waals surface area contributed by atoms with Crippen LogP contribution in [0.4, 0.5) is 0 Å². The van der Waals surface area contributed by atoms with Gasteiger partial charge in [0.2, 0.25) is 0 Å². The molecule has 0 aliphatic carbocycles. The molecule has 3 heterocycles. The Morgan fingerprint density at radius 3 is 2.93 bits per heavy atom. The molecule has 2 aromatic heterocycles. The maximum Gasteiger partial charge on any atom is 0.272 e. The van der Waals surface area contributed by atoms with Gasteiger partial charge in [0.15, 0.2) is 11.4 Å². The first-order chi connectivity index (χ1) is 12.9. The van der Waals surface area contributed by atoms with E-state index in [1.807, 2.05) is 19.1 Å². The molecule has 0 unspecified atom stereocenters. The van der Waals surface area contributed by atoms with Crippen LogP contribution in [0, 0.1) is 6.92 Å². The highest BCUT2D eigenvalue weighted by Crippen LogP contribution is 2.29. The fraction of sp³-hybridized carbons (Fsp3) is 0.350. The fourth-order valence-electron chi connectivity index (χ4n) is 3.85. The van der Waals surface area contributed by atoms with Crippen LogP contribution in [0.2, 0.25) is 5.02 Å². The summed E-state index contributed by atoms with van der Waals surface area (Å²) in [4.78, 5) is 30.7. The molecule has 1 fully saturated rings. The minimum atomic E-state index is -0.0939. The largest absolute Gasteiger partial charge is 0.298 e. The van der Waals surface area contributed by atoms with Gasteiger partial charge in [-0.3, -0.25) is 19.6 Å². The van der Waals surface area contributed by atoms with Gasteiger partial charge in [-0.2, -0.15) is 0 Å². The van der Waals surface area contributed by atoms with Crippen molar-refractivity contribution >= 4 is 23.0 Å². The molecule has 0 radical (unpaired) electrons. The zero-order valence-electron chi connectivity index (χ0n) is 15.3. The normalized spacial score (nSPS) is 17.7. The number of Topliss-reactive ketones (excluding diaryl/α,β-unsaturated/α-hetero) is 1. The fourth-order valence-corrected chi connectivity index (χ4v) is 4.04. The Balaban J connectivity index is 1.55. The van der Waals surface area contributed by atoms with Crippen LogP contribution in [0.5, 0.6) is 0 Å². The van der Waals surface area contributed by atoms with Crippen molar-refractivity contribution in [1.29, 1.82) is 0 Å². The van der Waals surface area contributed by atoms with Crippen molar-refractivity contribution in [2.75, 3.05) is 13.1 Å². The molecule has 4 rings (SSSR count). The monoisotopic (exact) mass is 384 g/mol. The van der Waals surface area contributed by atoms with Gasteiger partial charge in [0.1, 0.15) is 0 Å². The zero-order chi connectivity index (χ0) is 19.1. The lowest BCUT2D eigenvalue weighted by Gasteiger charge is -2.18. The summed E-state index contributed by atoms with van der Waals surface area (Å²) in [5.41, 5.74) is 3.98. The smallest absolute Gasteiger partial charge is 0.272 e. The van der Waals surface area contributed by atoms with Crippen LogP contribution < -0.4 is 5.56 Å². The lowest BCUT2D eigenvalue weighted by molar-refractivity contribution is 0.101. The highest BCUT2D eigenvalue weighted by atomic mass is 35.5. The number of hydrogen-bond acceptors (Lipinski definition) is 4. The molecule has 1 aromatic carbocycles. The third-order valence-corrected chi connectivity index (χ3v) is 5.39. The van der Waals surface area contributed by atoms with Crippen molar-refractivity contribution in [2.24, 2.45) is 0 Å². The van der Waals surface area contributed by atoms with E-state index in [2.05, 4.69) is 15.0 Å². The molecule has 0 spiro atoms. The number of rotatable bonds is 4. The van der Waals surface area contributed by atoms with Crippen LogP contribution in [0.25, 0.3) is 5.65 Å². The number of aromatic nitrogens is 3. The summed E-state index contributed by atoms with van der Waals surface area (Å²) >= 11 is 6.13. The first-order valence-electron chi connectivity index (χ1n) is 9.02. The van der Waals surface area contributed by atoms with Crippen LogP contribution in [0.15, 0.2) is 35.1 Å². The molecule has 140 valence electrons. The maximum absolute atomic E-state index is 12.1. The molecule has 0 bridgehead atoms. The second-order valence-corrected chi connectivity index (χ2v) is 7.66. The maximum atomic E-state index is 12.1. The van der Waals surface area contributed by atoms with Gasteiger partial charge in [-0.1, -0.05) is 11.6 Å². The van der Waals surface area contributed by atoms with E-state index in [1.54, 1.807) is 19.1 Å². The standard InChI is InChI=1S/C20H21ClN4O2/c1-12-7-20(27)25-19(22-12)9-18(23-25)14-5-6-24(10-14)11-15-8-16(21)3-4-17(15)13(2)26/h3-4,7-9,14,23H,5-6,10-11H2,1-2H3/t14-/m1/s1. The van der Waals surface area contributed by atoms with Gasteiger partial charge in [-0.05, 0) is 50.6 Å². The van der Waals surface area contributed by atoms with Crippen molar-refractivity contribution < 1.29 is 4.79 Å². The van der Waals surface area contributed by atoms with Crippen LogP contribution in [-0.4, -0.2) is 38.4 Å². The van der Waals surface area contributed by atoms with Crippen molar-refractivity contribution in [3.8, 4) is 0 Å². The molecule has 0 saturated carbocycles. The lowest BCUT2D eigenvalue weighted by Crippen LogP contribution is -2.21. The predicted octanol–water partition coefficient (Wildman–Crippen LogP) is 3.18. The van der Waals surface area contributed by atoms with Gasteiger partial charge >= 0.3 is 0 Å². The summed E-state index contributed by atoms with van der Waals surface area (Å²) < 4.78 is 1.50. The number of aryl methyl sites for hydroxylation is 1. The Kier molecular flexibility index (Phi) is 4.61. The highest BCUT2D eigenvalue weighted by molar-refractivity contribution is 6.30. The number of fused-ring (bicyclic) bond motifs is 1. The Bertz CT molecular complexity index is 1090. The number of aromatic amines is 1.